The number of nitrogens with zero attached hydrogens (tertiary/aromatic N) is 5. The summed E-state index contributed by atoms with van der Waals surface area (Å²) in [5.74, 6) is -2.94. The third-order valence-corrected chi connectivity index (χ3v) is 6.84. The second-order valence-electron chi connectivity index (χ2n) is 8.09. The van der Waals surface area contributed by atoms with Crippen molar-refractivity contribution >= 4 is 21.6 Å². The molecule has 7 nitrogen and oxygen atoms in total. The van der Waals surface area contributed by atoms with Gasteiger partial charge in [-0.15, -0.1) is 26.6 Å². The van der Waals surface area contributed by atoms with Crippen molar-refractivity contribution in [2.75, 3.05) is 0 Å². The number of piperidine rings is 1. The van der Waals surface area contributed by atoms with Gasteiger partial charge in [-0.25, -0.2) is 18.4 Å². The van der Waals surface area contributed by atoms with E-state index in [1.165, 1.54) is 28.3 Å². The van der Waals surface area contributed by atoms with Gasteiger partial charge in [-0.05, 0) is 24.6 Å². The maximum absolute atomic E-state index is 13.9. The first kappa shape index (κ1) is 19.6. The Bertz CT molecular complexity index is 1290. The van der Waals surface area contributed by atoms with Crippen LogP contribution in [-0.2, 0) is 0 Å². The SMILES string of the molecule is Fc1ccn(-c2ccc(-c3ccc(O[C@H]4C[C@@H]5CC(F)(F)[C@H](C4)N5)nn3)c3scnc23)n1. The van der Waals surface area contributed by atoms with Crippen LogP contribution in [0.1, 0.15) is 19.3 Å². The lowest BCUT2D eigenvalue weighted by atomic mass is 10.0. The Morgan fingerprint density at radius 3 is 2.78 bits per heavy atom. The van der Waals surface area contributed by atoms with Crippen LogP contribution in [0, 0.1) is 5.95 Å². The van der Waals surface area contributed by atoms with E-state index in [1.54, 1.807) is 23.7 Å². The number of ether oxygens (including phenoxy) is 1. The Morgan fingerprint density at radius 1 is 1.12 bits per heavy atom. The Balaban J connectivity index is 1.24. The van der Waals surface area contributed by atoms with Crippen molar-refractivity contribution < 1.29 is 17.9 Å². The number of halogens is 3. The van der Waals surface area contributed by atoms with E-state index in [9.17, 15) is 13.2 Å². The Hall–Kier alpha value is -3.05. The lowest BCUT2D eigenvalue weighted by Crippen LogP contribution is -2.46. The van der Waals surface area contributed by atoms with Crippen LogP contribution in [0.5, 0.6) is 5.88 Å². The fraction of sp³-hybridized carbons (Fsp3) is 0.333. The zero-order valence-electron chi connectivity index (χ0n) is 16.6. The lowest BCUT2D eigenvalue weighted by Gasteiger charge is -2.29. The van der Waals surface area contributed by atoms with E-state index < -0.39 is 17.9 Å². The Labute approximate surface area is 184 Å². The molecule has 0 spiro atoms. The first-order valence-corrected chi connectivity index (χ1v) is 11.1. The quantitative estimate of drug-likeness (QED) is 0.499. The summed E-state index contributed by atoms with van der Waals surface area (Å²) in [6, 6.07) is 7.36. The van der Waals surface area contributed by atoms with Crippen molar-refractivity contribution in [3.05, 3.63) is 48.0 Å². The van der Waals surface area contributed by atoms with Crippen LogP contribution in [-0.4, -0.2) is 49.1 Å². The molecular weight excluding hydrogens is 441 g/mol. The smallest absolute Gasteiger partial charge is 0.264 e. The minimum Gasteiger partial charge on any atom is -0.473 e. The van der Waals surface area contributed by atoms with Gasteiger partial charge in [0.15, 0.2) is 0 Å². The molecule has 11 heteroatoms. The van der Waals surface area contributed by atoms with E-state index in [2.05, 4.69) is 25.6 Å². The van der Waals surface area contributed by atoms with Crippen LogP contribution in [0.15, 0.2) is 42.0 Å². The van der Waals surface area contributed by atoms with E-state index in [0.717, 1.165) is 10.3 Å². The number of fused-ring (bicyclic) bond motifs is 3. The minimum absolute atomic E-state index is 0.145. The number of aromatic nitrogens is 5. The fourth-order valence-electron chi connectivity index (χ4n) is 4.56. The van der Waals surface area contributed by atoms with Crippen molar-refractivity contribution in [2.24, 2.45) is 0 Å². The topological polar surface area (TPSA) is 77.8 Å². The van der Waals surface area contributed by atoms with Crippen molar-refractivity contribution in [3.8, 4) is 22.8 Å². The molecule has 1 N–H and O–H groups in total. The summed E-state index contributed by atoms with van der Waals surface area (Å²) >= 11 is 1.44. The fourth-order valence-corrected chi connectivity index (χ4v) is 5.39. The molecule has 0 aliphatic carbocycles. The first-order chi connectivity index (χ1) is 15.5. The van der Waals surface area contributed by atoms with Gasteiger partial charge in [-0.3, -0.25) is 0 Å². The normalized spacial score (nSPS) is 24.2. The van der Waals surface area contributed by atoms with Gasteiger partial charge < -0.3 is 10.1 Å². The highest BCUT2D eigenvalue weighted by Gasteiger charge is 2.53. The first-order valence-electron chi connectivity index (χ1n) is 10.2. The number of benzene rings is 1. The molecule has 0 radical (unpaired) electrons. The summed E-state index contributed by atoms with van der Waals surface area (Å²) in [5, 5.41) is 15.2. The standard InChI is InChI=1S/C21H17F3N6OS/c22-17-5-6-30(29-17)15-3-1-13(20-19(15)25-10-32-20)14-2-4-18(28-27-14)31-12-7-11-9-21(23,24)16(8-12)26-11/h1-6,10-12,16,26H,7-9H2/t11-,12+,16+/m1/s1. The number of rotatable bonds is 4. The average Bonchev–Trinajstić information content (AvgIpc) is 3.47. The van der Waals surface area contributed by atoms with Crippen LogP contribution < -0.4 is 10.1 Å². The summed E-state index contributed by atoms with van der Waals surface area (Å²) in [4.78, 5) is 4.41. The predicted molar refractivity (Wildman–Crippen MR) is 112 cm³/mol. The number of nitrogens with one attached hydrogen (secondary N) is 1. The zero-order valence-corrected chi connectivity index (χ0v) is 17.4. The number of thiazole rings is 1. The molecular formula is C21H17F3N6OS. The second kappa shape index (κ2) is 7.24. The summed E-state index contributed by atoms with van der Waals surface area (Å²) in [6.07, 6.45) is 1.84. The molecule has 0 unspecified atom stereocenters. The maximum Gasteiger partial charge on any atom is 0.264 e. The monoisotopic (exact) mass is 458 g/mol. The molecule has 2 saturated heterocycles. The van der Waals surface area contributed by atoms with Crippen LogP contribution in [0.25, 0.3) is 27.2 Å². The van der Waals surface area contributed by atoms with Crippen LogP contribution in [0.4, 0.5) is 13.2 Å². The van der Waals surface area contributed by atoms with E-state index >= 15 is 0 Å². The average molecular weight is 458 g/mol. The molecule has 2 fully saturated rings. The van der Waals surface area contributed by atoms with Crippen molar-refractivity contribution in [1.29, 1.82) is 0 Å². The van der Waals surface area contributed by atoms with Crippen molar-refractivity contribution in [1.82, 2.24) is 30.3 Å². The predicted octanol–water partition coefficient (Wildman–Crippen LogP) is 3.99. The van der Waals surface area contributed by atoms with Gasteiger partial charge in [0.2, 0.25) is 11.8 Å². The van der Waals surface area contributed by atoms with Crippen molar-refractivity contribution in [2.45, 2.75) is 43.4 Å². The molecule has 3 atom stereocenters. The maximum atomic E-state index is 13.9. The molecule has 1 aromatic carbocycles. The third kappa shape index (κ3) is 3.32. The lowest BCUT2D eigenvalue weighted by molar-refractivity contribution is -0.0195. The van der Waals surface area contributed by atoms with E-state index in [0.29, 0.717) is 29.2 Å². The van der Waals surface area contributed by atoms with E-state index in [-0.39, 0.29) is 25.0 Å². The number of alkyl halides is 2. The molecule has 2 aliphatic rings. The molecule has 0 amide bonds. The van der Waals surface area contributed by atoms with E-state index in [4.69, 9.17) is 4.74 Å². The van der Waals surface area contributed by atoms with Gasteiger partial charge in [0.05, 0.1) is 27.6 Å². The Kier molecular flexibility index (Phi) is 4.44. The van der Waals surface area contributed by atoms with Crippen LogP contribution in [0.2, 0.25) is 0 Å². The van der Waals surface area contributed by atoms with Crippen LogP contribution >= 0.6 is 11.3 Å². The van der Waals surface area contributed by atoms with Gasteiger partial charge in [-0.1, -0.05) is 0 Å². The summed E-state index contributed by atoms with van der Waals surface area (Å²) in [7, 11) is 0. The molecule has 0 saturated carbocycles. The highest BCUT2D eigenvalue weighted by atomic mass is 32.1. The van der Waals surface area contributed by atoms with Crippen LogP contribution in [0.3, 0.4) is 0 Å². The minimum atomic E-state index is -2.69. The zero-order chi connectivity index (χ0) is 21.9. The summed E-state index contributed by atoms with van der Waals surface area (Å²) in [5.41, 5.74) is 4.52. The highest BCUT2D eigenvalue weighted by Crippen LogP contribution is 2.40. The largest absolute Gasteiger partial charge is 0.473 e. The second-order valence-corrected chi connectivity index (χ2v) is 8.95. The molecule has 2 aliphatic heterocycles. The molecule has 2 bridgehead atoms. The van der Waals surface area contributed by atoms with Crippen molar-refractivity contribution in [3.63, 3.8) is 0 Å². The number of hydrogen-bond donors (Lipinski definition) is 1. The molecule has 32 heavy (non-hydrogen) atoms. The molecule has 4 aromatic rings. The molecule has 5 heterocycles. The highest BCUT2D eigenvalue weighted by molar-refractivity contribution is 7.17. The van der Waals surface area contributed by atoms with Gasteiger partial charge in [0.25, 0.3) is 5.92 Å². The molecule has 164 valence electrons. The van der Waals surface area contributed by atoms with Gasteiger partial charge in [0, 0.05) is 42.8 Å². The summed E-state index contributed by atoms with van der Waals surface area (Å²) in [6.45, 7) is 0. The molecule has 6 rings (SSSR count). The Morgan fingerprint density at radius 2 is 2.03 bits per heavy atom. The van der Waals surface area contributed by atoms with Gasteiger partial charge >= 0.3 is 0 Å². The third-order valence-electron chi connectivity index (χ3n) is 5.98. The number of hydrogen-bond acceptors (Lipinski definition) is 7. The van der Waals surface area contributed by atoms with E-state index in [1.807, 2.05) is 6.07 Å². The van der Waals surface area contributed by atoms with Gasteiger partial charge in [-0.2, -0.15) is 4.39 Å². The van der Waals surface area contributed by atoms with Gasteiger partial charge in [0.1, 0.15) is 11.6 Å². The molecule has 3 aromatic heterocycles. The summed E-state index contributed by atoms with van der Waals surface area (Å²) < 4.78 is 49.4.